The van der Waals surface area contributed by atoms with Crippen LogP contribution in [0.3, 0.4) is 0 Å². The first kappa shape index (κ1) is 13.0. The van der Waals surface area contributed by atoms with Crippen molar-refractivity contribution in [3.8, 4) is 0 Å². The third-order valence-corrected chi connectivity index (χ3v) is 3.42. The Morgan fingerprint density at radius 2 is 2.22 bits per heavy atom. The van der Waals surface area contributed by atoms with E-state index in [1.54, 1.807) is 0 Å². The minimum absolute atomic E-state index is 0.380. The number of nitrogens with zero attached hydrogens (tertiary/aromatic N) is 5. The van der Waals surface area contributed by atoms with Gasteiger partial charge in [-0.05, 0) is 6.42 Å². The largest absolute Gasteiger partial charge is 0.338 e. The minimum atomic E-state index is 0.380. The summed E-state index contributed by atoms with van der Waals surface area (Å²) >= 11 is 1.51. The maximum absolute atomic E-state index is 5.53. The summed E-state index contributed by atoms with van der Waals surface area (Å²) in [6, 6.07) is 0. The maximum atomic E-state index is 5.53. The third kappa shape index (κ3) is 2.88. The molecule has 0 saturated carbocycles. The second-order valence-electron chi connectivity index (χ2n) is 3.80. The van der Waals surface area contributed by atoms with Gasteiger partial charge in [-0.3, -0.25) is 0 Å². The SMILES string of the molecule is CCCc1noc(CSc2nnc(CN)n2C)n1. The highest BCUT2D eigenvalue weighted by Crippen LogP contribution is 2.20. The zero-order valence-electron chi connectivity index (χ0n) is 10.5. The topological polar surface area (TPSA) is 95.6 Å². The van der Waals surface area contributed by atoms with Gasteiger partial charge in [0.15, 0.2) is 11.0 Å². The molecule has 7 nitrogen and oxygen atoms in total. The van der Waals surface area contributed by atoms with Crippen LogP contribution in [-0.2, 0) is 25.8 Å². The van der Waals surface area contributed by atoms with Crippen LogP contribution in [0.15, 0.2) is 9.68 Å². The van der Waals surface area contributed by atoms with Crippen LogP contribution in [0.4, 0.5) is 0 Å². The monoisotopic (exact) mass is 268 g/mol. The lowest BCUT2D eigenvalue weighted by molar-refractivity contribution is 0.384. The first-order chi connectivity index (χ1) is 8.74. The van der Waals surface area contributed by atoms with Crippen molar-refractivity contribution in [2.75, 3.05) is 0 Å². The Labute approximate surface area is 109 Å². The fourth-order valence-corrected chi connectivity index (χ4v) is 2.22. The number of thioether (sulfide) groups is 1. The smallest absolute Gasteiger partial charge is 0.237 e. The van der Waals surface area contributed by atoms with E-state index in [-0.39, 0.29) is 0 Å². The van der Waals surface area contributed by atoms with E-state index >= 15 is 0 Å². The number of hydrogen-bond donors (Lipinski definition) is 1. The zero-order valence-corrected chi connectivity index (χ0v) is 11.3. The Kier molecular flexibility index (Phi) is 4.32. The molecule has 98 valence electrons. The Hall–Kier alpha value is -1.41. The van der Waals surface area contributed by atoms with E-state index in [1.807, 2.05) is 11.6 Å². The fraction of sp³-hybridized carbons (Fsp3) is 0.600. The van der Waals surface area contributed by atoms with Crippen molar-refractivity contribution in [1.82, 2.24) is 24.9 Å². The van der Waals surface area contributed by atoms with Crippen molar-refractivity contribution < 1.29 is 4.52 Å². The molecule has 0 radical (unpaired) electrons. The molecule has 0 aromatic carbocycles. The molecule has 0 fully saturated rings. The van der Waals surface area contributed by atoms with Crippen molar-refractivity contribution in [2.24, 2.45) is 12.8 Å². The van der Waals surface area contributed by atoms with Gasteiger partial charge in [-0.25, -0.2) is 0 Å². The normalized spacial score (nSPS) is 11.1. The highest BCUT2D eigenvalue weighted by Gasteiger charge is 2.11. The second-order valence-corrected chi connectivity index (χ2v) is 4.75. The molecule has 2 rings (SSSR count). The van der Waals surface area contributed by atoms with E-state index in [9.17, 15) is 0 Å². The van der Waals surface area contributed by atoms with Gasteiger partial charge < -0.3 is 14.8 Å². The minimum Gasteiger partial charge on any atom is -0.338 e. The quantitative estimate of drug-likeness (QED) is 0.777. The van der Waals surface area contributed by atoms with Crippen LogP contribution in [0.1, 0.15) is 30.9 Å². The van der Waals surface area contributed by atoms with Crippen molar-refractivity contribution in [2.45, 2.75) is 37.2 Å². The molecule has 2 N–H and O–H groups in total. The highest BCUT2D eigenvalue weighted by atomic mass is 32.2. The Morgan fingerprint density at radius 3 is 2.89 bits per heavy atom. The van der Waals surface area contributed by atoms with Gasteiger partial charge in [0.2, 0.25) is 5.89 Å². The summed E-state index contributed by atoms with van der Waals surface area (Å²) in [6.07, 6.45) is 1.85. The molecule has 0 aliphatic rings. The van der Waals surface area contributed by atoms with Gasteiger partial charge in [0.05, 0.1) is 12.3 Å². The predicted octanol–water partition coefficient (Wildman–Crippen LogP) is 0.902. The molecule has 8 heteroatoms. The van der Waals surface area contributed by atoms with Crippen molar-refractivity contribution in [3.63, 3.8) is 0 Å². The summed E-state index contributed by atoms with van der Waals surface area (Å²) in [4.78, 5) is 4.29. The van der Waals surface area contributed by atoms with Gasteiger partial charge in [0, 0.05) is 13.5 Å². The molecule has 2 heterocycles. The van der Waals surface area contributed by atoms with Crippen LogP contribution >= 0.6 is 11.8 Å². The molecule has 18 heavy (non-hydrogen) atoms. The highest BCUT2D eigenvalue weighted by molar-refractivity contribution is 7.98. The van der Waals surface area contributed by atoms with Crippen LogP contribution < -0.4 is 5.73 Å². The summed E-state index contributed by atoms with van der Waals surface area (Å²) in [6.45, 7) is 2.46. The number of hydrogen-bond acceptors (Lipinski definition) is 7. The lowest BCUT2D eigenvalue weighted by atomic mass is 10.3. The fourth-order valence-electron chi connectivity index (χ4n) is 1.45. The van der Waals surface area contributed by atoms with Gasteiger partial charge in [-0.15, -0.1) is 10.2 Å². The van der Waals surface area contributed by atoms with Crippen molar-refractivity contribution in [3.05, 3.63) is 17.5 Å². The second kappa shape index (κ2) is 5.96. The Bertz CT molecular complexity index is 508. The van der Waals surface area contributed by atoms with E-state index in [0.717, 1.165) is 29.6 Å². The van der Waals surface area contributed by atoms with E-state index < -0.39 is 0 Å². The van der Waals surface area contributed by atoms with Crippen molar-refractivity contribution >= 4 is 11.8 Å². The summed E-state index contributed by atoms with van der Waals surface area (Å²) in [7, 11) is 1.89. The molecular formula is C10H16N6OS. The molecular weight excluding hydrogens is 252 g/mol. The van der Waals surface area contributed by atoms with E-state index in [0.29, 0.717) is 18.2 Å². The van der Waals surface area contributed by atoms with Gasteiger partial charge in [-0.1, -0.05) is 23.8 Å². The lowest BCUT2D eigenvalue weighted by Crippen LogP contribution is -2.05. The van der Waals surface area contributed by atoms with Crippen LogP contribution in [0, 0.1) is 0 Å². The Morgan fingerprint density at radius 1 is 1.39 bits per heavy atom. The van der Waals surface area contributed by atoms with Crippen LogP contribution in [0.5, 0.6) is 0 Å². The maximum Gasteiger partial charge on any atom is 0.237 e. The lowest BCUT2D eigenvalue weighted by Gasteiger charge is -1.99. The van der Waals surface area contributed by atoms with Crippen LogP contribution in [0.2, 0.25) is 0 Å². The average Bonchev–Trinajstić information content (AvgIpc) is 2.94. The standard InChI is InChI=1S/C10H16N6OS/c1-3-4-7-12-9(17-15-7)6-18-10-14-13-8(5-11)16(10)2/h3-6,11H2,1-2H3. The van der Waals surface area contributed by atoms with E-state index in [1.165, 1.54) is 11.8 Å². The van der Waals surface area contributed by atoms with Crippen LogP contribution in [0.25, 0.3) is 0 Å². The van der Waals surface area contributed by atoms with Crippen molar-refractivity contribution in [1.29, 1.82) is 0 Å². The molecule has 0 atom stereocenters. The number of rotatable bonds is 6. The van der Waals surface area contributed by atoms with Crippen LogP contribution in [-0.4, -0.2) is 24.9 Å². The molecule has 0 spiro atoms. The summed E-state index contributed by atoms with van der Waals surface area (Å²) in [5.74, 6) is 2.72. The molecule has 0 aliphatic heterocycles. The molecule has 0 amide bonds. The average molecular weight is 268 g/mol. The van der Waals surface area contributed by atoms with Gasteiger partial charge in [0.25, 0.3) is 0 Å². The molecule has 0 aliphatic carbocycles. The van der Waals surface area contributed by atoms with Gasteiger partial charge in [-0.2, -0.15) is 4.98 Å². The molecule has 2 aromatic heterocycles. The van der Waals surface area contributed by atoms with Gasteiger partial charge in [0.1, 0.15) is 5.82 Å². The molecule has 2 aromatic rings. The van der Waals surface area contributed by atoms with Gasteiger partial charge >= 0.3 is 0 Å². The van der Waals surface area contributed by atoms with E-state index in [4.69, 9.17) is 10.3 Å². The Balaban J connectivity index is 1.95. The first-order valence-electron chi connectivity index (χ1n) is 5.77. The van der Waals surface area contributed by atoms with E-state index in [2.05, 4.69) is 27.3 Å². The zero-order chi connectivity index (χ0) is 13.0. The first-order valence-corrected chi connectivity index (χ1v) is 6.75. The summed E-state index contributed by atoms with van der Waals surface area (Å²) in [5.41, 5.74) is 5.53. The number of aryl methyl sites for hydroxylation is 1. The molecule has 0 bridgehead atoms. The number of nitrogens with two attached hydrogens (primary N) is 1. The summed E-state index contributed by atoms with van der Waals surface area (Å²) in [5, 5.41) is 12.7. The molecule has 0 unspecified atom stereocenters. The number of aromatic nitrogens is 5. The predicted molar refractivity (Wildman–Crippen MR) is 66.7 cm³/mol. The molecule has 0 saturated heterocycles. The summed E-state index contributed by atoms with van der Waals surface area (Å²) < 4.78 is 7.02. The third-order valence-electron chi connectivity index (χ3n) is 2.42.